The van der Waals surface area contributed by atoms with Crippen molar-refractivity contribution in [3.05, 3.63) is 27.7 Å². The Balaban J connectivity index is 2.67. The van der Waals surface area contributed by atoms with Gasteiger partial charge in [0.05, 0.1) is 10.0 Å². The molecule has 0 aliphatic rings. The molecule has 100 valence electrons. The first-order chi connectivity index (χ1) is 8.49. The van der Waals surface area contributed by atoms with Crippen LogP contribution in [-0.4, -0.2) is 27.4 Å². The van der Waals surface area contributed by atoms with Crippen LogP contribution in [0.2, 0.25) is 10.0 Å². The summed E-state index contributed by atoms with van der Waals surface area (Å²) in [5, 5.41) is 10.0. The summed E-state index contributed by atoms with van der Waals surface area (Å²) in [4.78, 5) is 2.11. The highest BCUT2D eigenvalue weighted by atomic mass is 35.5. The van der Waals surface area contributed by atoms with Crippen molar-refractivity contribution < 1.29 is 5.11 Å². The Hall–Kier alpha value is -0.160. The Kier molecular flexibility index (Phi) is 6.57. The van der Waals surface area contributed by atoms with Gasteiger partial charge in [0.1, 0.15) is 4.32 Å². The number of halogens is 2. The average Bonchev–Trinajstić information content (AvgIpc) is 2.34. The van der Waals surface area contributed by atoms with Crippen LogP contribution in [0.15, 0.2) is 12.1 Å². The fourth-order valence-electron chi connectivity index (χ4n) is 1.42. The number of hydrogen-bond donors (Lipinski definition) is 1. The lowest BCUT2D eigenvalue weighted by Crippen LogP contribution is -2.26. The predicted molar refractivity (Wildman–Crippen MR) is 84.9 cm³/mol. The van der Waals surface area contributed by atoms with Crippen molar-refractivity contribution in [3.63, 3.8) is 0 Å². The molecule has 1 aromatic carbocycles. The second-order valence-electron chi connectivity index (χ2n) is 3.63. The van der Waals surface area contributed by atoms with E-state index in [4.69, 9.17) is 35.4 Å². The lowest BCUT2D eigenvalue weighted by Gasteiger charge is -2.20. The summed E-state index contributed by atoms with van der Waals surface area (Å²) in [7, 11) is 0. The summed E-state index contributed by atoms with van der Waals surface area (Å²) >= 11 is 18.6. The van der Waals surface area contributed by atoms with Crippen LogP contribution in [0, 0.1) is 0 Å². The van der Waals surface area contributed by atoms with Gasteiger partial charge in [-0.15, -0.1) is 0 Å². The van der Waals surface area contributed by atoms with E-state index in [1.165, 1.54) is 0 Å². The van der Waals surface area contributed by atoms with Gasteiger partial charge in [-0.2, -0.15) is 0 Å². The Bertz CT molecular complexity index is 413. The minimum Gasteiger partial charge on any atom is -0.505 e. The fraction of sp³-hybridized carbons (Fsp3) is 0.417. The fourth-order valence-corrected chi connectivity index (χ4v) is 3.28. The molecule has 0 saturated heterocycles. The Labute approximate surface area is 127 Å². The molecule has 0 saturated carbocycles. The minimum absolute atomic E-state index is 0.0709. The first kappa shape index (κ1) is 15.9. The number of phenols is 1. The standard InChI is InChI=1S/C12H15Cl2NOS2/c1-3-15(4-2)12(17)18-7-8-5-9(13)11(16)10(14)6-8/h5-6,16H,3-4,7H2,1-2H3. The summed E-state index contributed by atoms with van der Waals surface area (Å²) in [6.45, 7) is 5.95. The first-order valence-corrected chi connectivity index (χ1v) is 7.73. The molecule has 0 fully saturated rings. The van der Waals surface area contributed by atoms with Crippen LogP contribution in [0.25, 0.3) is 0 Å². The molecule has 0 radical (unpaired) electrons. The second kappa shape index (κ2) is 7.43. The normalized spacial score (nSPS) is 10.4. The molecule has 6 heteroatoms. The van der Waals surface area contributed by atoms with Gasteiger partial charge in [-0.25, -0.2) is 0 Å². The molecule has 0 heterocycles. The molecule has 18 heavy (non-hydrogen) atoms. The number of thiocarbonyl (C=S) groups is 1. The molecule has 1 N–H and O–H groups in total. The van der Waals surface area contributed by atoms with Crippen LogP contribution in [0.1, 0.15) is 19.4 Å². The zero-order valence-electron chi connectivity index (χ0n) is 10.2. The predicted octanol–water partition coefficient (Wildman–Crippen LogP) is 4.56. The van der Waals surface area contributed by atoms with Crippen molar-refractivity contribution in [3.8, 4) is 5.75 Å². The van der Waals surface area contributed by atoms with Crippen molar-refractivity contribution in [2.45, 2.75) is 19.6 Å². The number of benzene rings is 1. The van der Waals surface area contributed by atoms with E-state index in [2.05, 4.69) is 18.7 Å². The Morgan fingerprint density at radius 1 is 1.28 bits per heavy atom. The maximum absolute atomic E-state index is 9.47. The van der Waals surface area contributed by atoms with Crippen molar-refractivity contribution in [1.82, 2.24) is 4.90 Å². The number of thioether (sulfide) groups is 1. The molecule has 0 unspecified atom stereocenters. The third kappa shape index (κ3) is 4.19. The summed E-state index contributed by atoms with van der Waals surface area (Å²) in [5.41, 5.74) is 0.947. The Morgan fingerprint density at radius 2 is 1.78 bits per heavy atom. The SMILES string of the molecule is CCN(CC)C(=S)SCc1cc(Cl)c(O)c(Cl)c1. The molecule has 1 rings (SSSR count). The van der Waals surface area contributed by atoms with Crippen molar-refractivity contribution in [1.29, 1.82) is 0 Å². The van der Waals surface area contributed by atoms with Crippen molar-refractivity contribution >= 4 is 51.5 Å². The number of rotatable bonds is 4. The van der Waals surface area contributed by atoms with E-state index in [9.17, 15) is 5.11 Å². The van der Waals surface area contributed by atoms with Crippen LogP contribution in [0.3, 0.4) is 0 Å². The molecule has 0 aliphatic heterocycles. The highest BCUT2D eigenvalue weighted by molar-refractivity contribution is 8.22. The Morgan fingerprint density at radius 3 is 2.22 bits per heavy atom. The van der Waals surface area contributed by atoms with Crippen molar-refractivity contribution in [2.75, 3.05) is 13.1 Å². The summed E-state index contributed by atoms with van der Waals surface area (Å²) < 4.78 is 0.861. The number of aromatic hydroxyl groups is 1. The summed E-state index contributed by atoms with van der Waals surface area (Å²) in [5.74, 6) is 0.619. The van der Waals surface area contributed by atoms with Crippen LogP contribution >= 0.6 is 47.2 Å². The first-order valence-electron chi connectivity index (χ1n) is 5.58. The van der Waals surface area contributed by atoms with Gasteiger partial charge >= 0.3 is 0 Å². The lowest BCUT2D eigenvalue weighted by atomic mass is 10.2. The quantitative estimate of drug-likeness (QED) is 0.820. The minimum atomic E-state index is -0.0709. The van der Waals surface area contributed by atoms with Crippen LogP contribution in [0.5, 0.6) is 5.75 Å². The monoisotopic (exact) mass is 323 g/mol. The average molecular weight is 324 g/mol. The molecule has 1 aromatic rings. The molecule has 0 spiro atoms. The maximum atomic E-state index is 9.47. The molecule has 0 aromatic heterocycles. The van der Waals surface area contributed by atoms with Gasteiger partial charge in [-0.3, -0.25) is 0 Å². The van der Waals surface area contributed by atoms with Crippen LogP contribution in [0.4, 0.5) is 0 Å². The second-order valence-corrected chi connectivity index (χ2v) is 6.06. The maximum Gasteiger partial charge on any atom is 0.152 e. The smallest absolute Gasteiger partial charge is 0.152 e. The van der Waals surface area contributed by atoms with Gasteiger partial charge in [-0.05, 0) is 31.5 Å². The van der Waals surface area contributed by atoms with E-state index in [1.54, 1.807) is 23.9 Å². The molecule has 0 aliphatic carbocycles. The van der Waals surface area contributed by atoms with E-state index in [1.807, 2.05) is 0 Å². The third-order valence-corrected chi connectivity index (χ3v) is 4.63. The van der Waals surface area contributed by atoms with Gasteiger partial charge in [0, 0.05) is 18.8 Å². The van der Waals surface area contributed by atoms with E-state index < -0.39 is 0 Å². The van der Waals surface area contributed by atoms with Gasteiger partial charge in [0.25, 0.3) is 0 Å². The highest BCUT2D eigenvalue weighted by Gasteiger charge is 2.09. The van der Waals surface area contributed by atoms with Gasteiger partial charge in [0.2, 0.25) is 0 Å². The summed E-state index contributed by atoms with van der Waals surface area (Å²) in [6, 6.07) is 3.42. The summed E-state index contributed by atoms with van der Waals surface area (Å²) in [6.07, 6.45) is 0. The number of nitrogens with zero attached hydrogens (tertiary/aromatic N) is 1. The zero-order chi connectivity index (χ0) is 13.7. The molecule has 0 atom stereocenters. The molecular formula is C12H15Cl2NOS2. The number of hydrogen-bond acceptors (Lipinski definition) is 3. The van der Waals surface area contributed by atoms with E-state index in [0.717, 1.165) is 23.0 Å². The van der Waals surface area contributed by atoms with E-state index >= 15 is 0 Å². The topological polar surface area (TPSA) is 23.5 Å². The lowest BCUT2D eigenvalue weighted by molar-refractivity contribution is 0.475. The third-order valence-electron chi connectivity index (χ3n) is 2.46. The van der Waals surface area contributed by atoms with Crippen molar-refractivity contribution in [2.24, 2.45) is 0 Å². The highest BCUT2D eigenvalue weighted by Crippen LogP contribution is 2.34. The molecule has 2 nitrogen and oxygen atoms in total. The van der Waals surface area contributed by atoms with Gasteiger partial charge < -0.3 is 10.0 Å². The number of phenolic OH excluding ortho intramolecular Hbond substituents is 1. The van der Waals surface area contributed by atoms with Crippen LogP contribution < -0.4 is 0 Å². The zero-order valence-corrected chi connectivity index (χ0v) is 13.4. The van der Waals surface area contributed by atoms with E-state index in [-0.39, 0.29) is 15.8 Å². The van der Waals surface area contributed by atoms with E-state index in [0.29, 0.717) is 5.75 Å². The largest absolute Gasteiger partial charge is 0.505 e. The van der Waals surface area contributed by atoms with Crippen LogP contribution in [-0.2, 0) is 5.75 Å². The van der Waals surface area contributed by atoms with Gasteiger partial charge in [0.15, 0.2) is 5.75 Å². The molecular weight excluding hydrogens is 309 g/mol. The molecule has 0 amide bonds. The van der Waals surface area contributed by atoms with Gasteiger partial charge in [-0.1, -0.05) is 47.2 Å². The molecule has 0 bridgehead atoms.